The van der Waals surface area contributed by atoms with Crippen LogP contribution in [0.1, 0.15) is 38.7 Å². The van der Waals surface area contributed by atoms with Crippen LogP contribution in [0.5, 0.6) is 0 Å². The van der Waals surface area contributed by atoms with Gasteiger partial charge in [-0.1, -0.05) is 32.0 Å². The molecule has 1 aromatic rings. The summed E-state index contributed by atoms with van der Waals surface area (Å²) in [7, 11) is 0. The normalized spacial score (nSPS) is 12.2. The minimum Gasteiger partial charge on any atom is -0.389 e. The highest BCUT2D eigenvalue weighted by molar-refractivity contribution is 7.80. The minimum atomic E-state index is -0.370. The zero-order chi connectivity index (χ0) is 12.8. The lowest BCUT2D eigenvalue weighted by atomic mass is 10.1. The zero-order valence-electron chi connectivity index (χ0n) is 10.3. The smallest absolute Gasteiger partial charge is 0.135 e. The van der Waals surface area contributed by atoms with Gasteiger partial charge in [0.1, 0.15) is 10.8 Å². The molecule has 0 aliphatic rings. The molecular formula is C13H19FN2S. The predicted molar refractivity (Wildman–Crippen MR) is 74.9 cm³/mol. The van der Waals surface area contributed by atoms with Gasteiger partial charge in [-0.25, -0.2) is 4.39 Å². The number of anilines is 1. The van der Waals surface area contributed by atoms with E-state index < -0.39 is 0 Å². The summed E-state index contributed by atoms with van der Waals surface area (Å²) in [5.41, 5.74) is 6.47. The molecule has 0 aliphatic carbocycles. The van der Waals surface area contributed by atoms with Crippen molar-refractivity contribution in [3.8, 4) is 0 Å². The summed E-state index contributed by atoms with van der Waals surface area (Å²) in [6.45, 7) is 4.25. The molecule has 1 aromatic carbocycles. The highest BCUT2D eigenvalue weighted by Gasteiger charge is 2.07. The lowest BCUT2D eigenvalue weighted by molar-refractivity contribution is 0.622. The number of hydrogen-bond donors (Lipinski definition) is 2. The number of unbranched alkanes of at least 4 members (excludes halogenated alkanes) is 1. The molecule has 17 heavy (non-hydrogen) atoms. The highest BCUT2D eigenvalue weighted by Crippen LogP contribution is 2.16. The SMILES string of the molecule is CCCCC(C)Nc1ccc(C(N)=S)c(F)c1. The van der Waals surface area contributed by atoms with Crippen LogP contribution in [0, 0.1) is 5.82 Å². The molecule has 0 bridgehead atoms. The van der Waals surface area contributed by atoms with E-state index in [0.717, 1.165) is 12.1 Å². The quantitative estimate of drug-likeness (QED) is 0.764. The molecule has 1 unspecified atom stereocenters. The molecule has 0 spiro atoms. The van der Waals surface area contributed by atoms with Gasteiger partial charge < -0.3 is 11.1 Å². The topological polar surface area (TPSA) is 38.0 Å². The maximum Gasteiger partial charge on any atom is 0.135 e. The van der Waals surface area contributed by atoms with Crippen molar-refractivity contribution in [1.29, 1.82) is 0 Å². The number of benzene rings is 1. The molecule has 0 amide bonds. The second-order valence-corrected chi connectivity index (χ2v) is 4.69. The van der Waals surface area contributed by atoms with E-state index in [1.807, 2.05) is 0 Å². The number of halogens is 1. The van der Waals surface area contributed by atoms with Crippen LogP contribution < -0.4 is 11.1 Å². The first-order valence-corrected chi connectivity index (χ1v) is 6.31. The Morgan fingerprint density at radius 3 is 2.76 bits per heavy atom. The van der Waals surface area contributed by atoms with Gasteiger partial charge in [-0.15, -0.1) is 0 Å². The van der Waals surface area contributed by atoms with Gasteiger partial charge in [-0.05, 0) is 31.5 Å². The minimum absolute atomic E-state index is 0.0908. The zero-order valence-corrected chi connectivity index (χ0v) is 11.1. The Balaban J connectivity index is 2.67. The van der Waals surface area contributed by atoms with Crippen LogP contribution in [-0.4, -0.2) is 11.0 Å². The molecule has 0 fully saturated rings. The van der Waals surface area contributed by atoms with Gasteiger partial charge in [0.2, 0.25) is 0 Å². The first-order valence-electron chi connectivity index (χ1n) is 5.90. The summed E-state index contributed by atoms with van der Waals surface area (Å²) in [5, 5.41) is 3.26. The van der Waals surface area contributed by atoms with Gasteiger partial charge in [0.15, 0.2) is 0 Å². The molecule has 0 aliphatic heterocycles. The summed E-state index contributed by atoms with van der Waals surface area (Å²) in [6, 6.07) is 5.20. The van der Waals surface area contributed by atoms with Crippen LogP contribution in [0.25, 0.3) is 0 Å². The maximum absolute atomic E-state index is 13.6. The van der Waals surface area contributed by atoms with Crippen LogP contribution in [0.3, 0.4) is 0 Å². The number of nitrogens with two attached hydrogens (primary N) is 1. The van der Waals surface area contributed by atoms with Crippen molar-refractivity contribution >= 4 is 22.9 Å². The molecular weight excluding hydrogens is 235 g/mol. The summed E-state index contributed by atoms with van der Waals surface area (Å²) in [6.07, 6.45) is 3.41. The Morgan fingerprint density at radius 1 is 1.53 bits per heavy atom. The molecule has 0 heterocycles. The fraction of sp³-hybridized carbons (Fsp3) is 0.462. The van der Waals surface area contributed by atoms with E-state index >= 15 is 0 Å². The Morgan fingerprint density at radius 2 is 2.24 bits per heavy atom. The molecule has 4 heteroatoms. The van der Waals surface area contributed by atoms with Crippen LogP contribution in [0.15, 0.2) is 18.2 Å². The fourth-order valence-corrected chi connectivity index (χ4v) is 1.84. The third-order valence-electron chi connectivity index (χ3n) is 2.64. The van der Waals surface area contributed by atoms with Crippen LogP contribution in [0.2, 0.25) is 0 Å². The Hall–Kier alpha value is -1.16. The standard InChI is InChI=1S/C13H19FN2S/c1-3-4-5-9(2)16-10-6-7-11(13(15)17)12(14)8-10/h6-9,16H,3-5H2,1-2H3,(H2,15,17). The molecule has 3 N–H and O–H groups in total. The summed E-state index contributed by atoms with van der Waals surface area (Å²) in [5.74, 6) is -0.370. The number of thiocarbonyl (C=S) groups is 1. The highest BCUT2D eigenvalue weighted by atomic mass is 32.1. The molecule has 0 saturated carbocycles. The van der Waals surface area contributed by atoms with Crippen molar-refractivity contribution < 1.29 is 4.39 Å². The van der Waals surface area contributed by atoms with Crippen molar-refractivity contribution in [3.05, 3.63) is 29.6 Å². The monoisotopic (exact) mass is 254 g/mol. The second-order valence-electron chi connectivity index (χ2n) is 4.25. The van der Waals surface area contributed by atoms with Crippen molar-refractivity contribution in [2.45, 2.75) is 39.2 Å². The lowest BCUT2D eigenvalue weighted by Gasteiger charge is -2.15. The van der Waals surface area contributed by atoms with Gasteiger partial charge in [0.05, 0.1) is 0 Å². The molecule has 0 aromatic heterocycles. The Bertz CT molecular complexity index is 393. The van der Waals surface area contributed by atoms with Gasteiger partial charge in [0, 0.05) is 17.3 Å². The summed E-state index contributed by atoms with van der Waals surface area (Å²) >= 11 is 4.76. The third kappa shape index (κ3) is 4.30. The Kier molecular flexibility index (Phi) is 5.35. The molecule has 1 atom stereocenters. The first-order chi connectivity index (χ1) is 8.04. The fourth-order valence-electron chi connectivity index (χ4n) is 1.67. The van der Waals surface area contributed by atoms with E-state index in [2.05, 4.69) is 19.2 Å². The molecule has 94 valence electrons. The van der Waals surface area contributed by atoms with E-state index in [1.165, 1.54) is 18.9 Å². The largest absolute Gasteiger partial charge is 0.389 e. The van der Waals surface area contributed by atoms with Gasteiger partial charge in [-0.2, -0.15) is 0 Å². The summed E-state index contributed by atoms with van der Waals surface area (Å²) in [4.78, 5) is 0.0908. The van der Waals surface area contributed by atoms with Crippen LogP contribution in [0.4, 0.5) is 10.1 Å². The molecule has 1 rings (SSSR count). The van der Waals surface area contributed by atoms with E-state index in [9.17, 15) is 4.39 Å². The first kappa shape index (κ1) is 13.9. The number of nitrogens with one attached hydrogen (secondary N) is 1. The van der Waals surface area contributed by atoms with Gasteiger partial charge >= 0.3 is 0 Å². The molecule has 0 saturated heterocycles. The van der Waals surface area contributed by atoms with Gasteiger partial charge in [-0.3, -0.25) is 0 Å². The predicted octanol–water partition coefficient (Wildman–Crippen LogP) is 3.45. The van der Waals surface area contributed by atoms with E-state index in [0.29, 0.717) is 11.6 Å². The van der Waals surface area contributed by atoms with E-state index in [1.54, 1.807) is 12.1 Å². The van der Waals surface area contributed by atoms with Crippen molar-refractivity contribution in [3.63, 3.8) is 0 Å². The molecule has 0 radical (unpaired) electrons. The summed E-state index contributed by atoms with van der Waals surface area (Å²) < 4.78 is 13.6. The third-order valence-corrected chi connectivity index (χ3v) is 2.86. The average Bonchev–Trinajstić information content (AvgIpc) is 2.26. The van der Waals surface area contributed by atoms with Crippen molar-refractivity contribution in [1.82, 2.24) is 0 Å². The van der Waals surface area contributed by atoms with Crippen molar-refractivity contribution in [2.75, 3.05) is 5.32 Å². The maximum atomic E-state index is 13.6. The Labute approximate surface area is 107 Å². The van der Waals surface area contributed by atoms with Crippen molar-refractivity contribution in [2.24, 2.45) is 5.73 Å². The average molecular weight is 254 g/mol. The van der Waals surface area contributed by atoms with E-state index in [-0.39, 0.29) is 10.8 Å². The lowest BCUT2D eigenvalue weighted by Crippen LogP contribution is -2.16. The molecule has 2 nitrogen and oxygen atoms in total. The number of hydrogen-bond acceptors (Lipinski definition) is 2. The van der Waals surface area contributed by atoms with Crippen LogP contribution in [-0.2, 0) is 0 Å². The van der Waals surface area contributed by atoms with Gasteiger partial charge in [0.25, 0.3) is 0 Å². The van der Waals surface area contributed by atoms with E-state index in [4.69, 9.17) is 18.0 Å². The van der Waals surface area contributed by atoms with Crippen LogP contribution >= 0.6 is 12.2 Å². The second kappa shape index (κ2) is 6.55. The number of rotatable bonds is 6.